The van der Waals surface area contributed by atoms with E-state index in [2.05, 4.69) is 0 Å². The SMILES string of the molecule is C[C@H](Cc1cc(O)cc(O)c1C(=O)O[C@H](C)CC(=O)O[C@H](C)Cc1cc(O)cc(O)c1C(=O)O[C@H](C)Cc1cc2cc(O)cc(O)c2c(=O)o1)OC(=O)C[C@@H](C)O. The Morgan fingerprint density at radius 3 is 1.51 bits per heavy atom. The number of hydrogen-bond acceptors (Lipinski definition) is 17. The molecule has 0 aliphatic rings. The van der Waals surface area contributed by atoms with Crippen LogP contribution in [-0.2, 0) is 47.8 Å². The number of carbonyl (C=O) groups is 4. The van der Waals surface area contributed by atoms with Crippen LogP contribution in [-0.4, -0.2) is 90.1 Å². The van der Waals surface area contributed by atoms with E-state index in [1.54, 1.807) is 0 Å². The van der Waals surface area contributed by atoms with E-state index in [9.17, 15) is 59.7 Å². The molecule has 1 heterocycles. The number of carbonyl (C=O) groups excluding carboxylic acids is 4. The van der Waals surface area contributed by atoms with Gasteiger partial charge in [-0.2, -0.15) is 0 Å². The number of phenols is 6. The molecule has 17 heteroatoms. The molecular weight excluding hydrogens is 752 g/mol. The first-order valence-corrected chi connectivity index (χ1v) is 17.8. The number of aliphatic hydroxyl groups excluding tert-OH is 1. The van der Waals surface area contributed by atoms with Crippen LogP contribution >= 0.6 is 0 Å². The Kier molecular flexibility index (Phi) is 14.0. The van der Waals surface area contributed by atoms with Gasteiger partial charge in [-0.15, -0.1) is 0 Å². The molecule has 1 aromatic heterocycles. The van der Waals surface area contributed by atoms with Gasteiger partial charge in [0.2, 0.25) is 0 Å². The molecule has 0 radical (unpaired) electrons. The van der Waals surface area contributed by atoms with Gasteiger partial charge in [-0.3, -0.25) is 9.59 Å². The smallest absolute Gasteiger partial charge is 0.347 e. The molecule has 57 heavy (non-hydrogen) atoms. The fourth-order valence-electron chi connectivity index (χ4n) is 6.15. The van der Waals surface area contributed by atoms with Crippen molar-refractivity contribution in [3.8, 4) is 34.5 Å². The molecule has 4 rings (SSSR count). The van der Waals surface area contributed by atoms with Crippen molar-refractivity contribution in [2.75, 3.05) is 0 Å². The van der Waals surface area contributed by atoms with E-state index in [1.165, 1.54) is 58.9 Å². The van der Waals surface area contributed by atoms with Crippen molar-refractivity contribution in [1.29, 1.82) is 0 Å². The van der Waals surface area contributed by atoms with Crippen LogP contribution in [0.15, 0.2) is 51.7 Å². The fraction of sp³-hybridized carbons (Fsp3) is 0.375. The third-order valence-corrected chi connectivity index (χ3v) is 8.35. The Hall–Kier alpha value is -6.49. The zero-order valence-electron chi connectivity index (χ0n) is 31.7. The summed E-state index contributed by atoms with van der Waals surface area (Å²) in [5, 5.41) is 70.6. The number of aliphatic hydroxyl groups is 1. The van der Waals surface area contributed by atoms with Gasteiger partial charge in [0.25, 0.3) is 0 Å². The zero-order chi connectivity index (χ0) is 42.3. The largest absolute Gasteiger partial charge is 0.508 e. The standard InChI is InChI=1S/C40H44O17/c1-18(41)6-33(48)53-19(2)7-23-11-26(42)16-31(46)36(23)39(51)56-22(5)10-34(49)54-20(3)8-24-12-27(43)15-30(45)35(24)38(50)55-21(4)9-29-14-25-13-28(44)17-32(47)37(25)40(52)57-29/h11-22,41-47H,6-10H2,1-5H3/t18-,19-,20-,21-,22-/m1/s1. The van der Waals surface area contributed by atoms with Crippen molar-refractivity contribution in [3.05, 3.63) is 80.9 Å². The topological polar surface area (TPSA) is 277 Å². The van der Waals surface area contributed by atoms with Crippen LogP contribution in [0.5, 0.6) is 34.5 Å². The summed E-state index contributed by atoms with van der Waals surface area (Å²) in [6.07, 6.45) is -5.93. The van der Waals surface area contributed by atoms with Crippen molar-refractivity contribution in [1.82, 2.24) is 0 Å². The average Bonchev–Trinajstić information content (AvgIpc) is 3.02. The summed E-state index contributed by atoms with van der Waals surface area (Å²) in [4.78, 5) is 63.8. The van der Waals surface area contributed by atoms with Crippen LogP contribution in [0.1, 0.15) is 85.1 Å². The number of benzene rings is 3. The van der Waals surface area contributed by atoms with E-state index < -0.39 is 89.4 Å². The molecule has 4 aromatic rings. The summed E-state index contributed by atoms with van der Waals surface area (Å²) in [5.74, 6) is -6.33. The molecule has 0 saturated carbocycles. The minimum Gasteiger partial charge on any atom is -0.508 e. The quantitative estimate of drug-likeness (QED) is 0.0619. The molecule has 0 fully saturated rings. The van der Waals surface area contributed by atoms with E-state index in [0.717, 1.165) is 18.2 Å². The van der Waals surface area contributed by atoms with Crippen LogP contribution in [0.25, 0.3) is 10.8 Å². The predicted octanol–water partition coefficient (Wildman–Crippen LogP) is 4.17. The van der Waals surface area contributed by atoms with Gasteiger partial charge in [-0.25, -0.2) is 14.4 Å². The maximum atomic E-state index is 13.3. The molecule has 0 bridgehead atoms. The fourth-order valence-corrected chi connectivity index (χ4v) is 6.15. The van der Waals surface area contributed by atoms with Gasteiger partial charge in [0, 0.05) is 37.5 Å². The molecule has 3 aromatic carbocycles. The van der Waals surface area contributed by atoms with Crippen molar-refractivity contribution < 1.29 is 78.3 Å². The summed E-state index contributed by atoms with van der Waals surface area (Å²) in [7, 11) is 0. The van der Waals surface area contributed by atoms with Crippen molar-refractivity contribution in [2.45, 2.75) is 97.2 Å². The van der Waals surface area contributed by atoms with Gasteiger partial charge >= 0.3 is 29.5 Å². The maximum absolute atomic E-state index is 13.3. The molecule has 0 spiro atoms. The van der Waals surface area contributed by atoms with Gasteiger partial charge in [0.1, 0.15) is 81.2 Å². The molecule has 7 N–H and O–H groups in total. The summed E-state index contributed by atoms with van der Waals surface area (Å²) in [5.41, 5.74) is -1.42. The summed E-state index contributed by atoms with van der Waals surface area (Å²) >= 11 is 0. The lowest BCUT2D eigenvalue weighted by Gasteiger charge is -2.20. The highest BCUT2D eigenvalue weighted by Crippen LogP contribution is 2.32. The van der Waals surface area contributed by atoms with Crippen LogP contribution in [0.2, 0.25) is 0 Å². The maximum Gasteiger partial charge on any atom is 0.347 e. The van der Waals surface area contributed by atoms with Gasteiger partial charge in [-0.05, 0) is 75.4 Å². The minimum atomic E-state index is -1.10. The molecule has 0 unspecified atom stereocenters. The molecule has 17 nitrogen and oxygen atoms in total. The molecule has 0 saturated heterocycles. The lowest BCUT2D eigenvalue weighted by atomic mass is 10.00. The first-order chi connectivity index (χ1) is 26.7. The second-order valence-corrected chi connectivity index (χ2v) is 13.8. The molecule has 0 aliphatic heterocycles. The normalized spacial score (nSPS) is 13.9. The first-order valence-electron chi connectivity index (χ1n) is 17.8. The van der Waals surface area contributed by atoms with Gasteiger partial charge in [0.05, 0.1) is 18.9 Å². The Balaban J connectivity index is 1.38. The summed E-state index contributed by atoms with van der Waals surface area (Å²) in [6, 6.07) is 7.82. The Morgan fingerprint density at radius 2 is 1.00 bits per heavy atom. The molecule has 0 aliphatic carbocycles. The number of hydrogen-bond donors (Lipinski definition) is 7. The number of ether oxygens (including phenoxy) is 4. The molecule has 5 atom stereocenters. The van der Waals surface area contributed by atoms with E-state index in [-0.39, 0.29) is 76.0 Å². The molecule has 306 valence electrons. The van der Waals surface area contributed by atoms with Crippen molar-refractivity contribution in [3.63, 3.8) is 0 Å². The van der Waals surface area contributed by atoms with Crippen LogP contribution in [0.4, 0.5) is 0 Å². The monoisotopic (exact) mass is 796 g/mol. The molecular formula is C40H44O17. The third-order valence-electron chi connectivity index (χ3n) is 8.35. The number of fused-ring (bicyclic) bond motifs is 1. The second kappa shape index (κ2) is 18.4. The van der Waals surface area contributed by atoms with Crippen molar-refractivity contribution in [2.24, 2.45) is 0 Å². The Bertz CT molecular complexity index is 2200. The number of phenolic OH excluding ortho intramolecular Hbond substituents is 6. The van der Waals surface area contributed by atoms with Crippen molar-refractivity contribution >= 4 is 34.6 Å². The predicted molar refractivity (Wildman–Crippen MR) is 198 cm³/mol. The van der Waals surface area contributed by atoms with Crippen LogP contribution in [0.3, 0.4) is 0 Å². The highest BCUT2D eigenvalue weighted by atomic mass is 16.6. The van der Waals surface area contributed by atoms with Crippen LogP contribution in [0, 0.1) is 0 Å². The highest BCUT2D eigenvalue weighted by molar-refractivity contribution is 5.95. The van der Waals surface area contributed by atoms with Gasteiger partial charge in [-0.1, -0.05) is 0 Å². The highest BCUT2D eigenvalue weighted by Gasteiger charge is 2.27. The number of aromatic hydroxyl groups is 6. The summed E-state index contributed by atoms with van der Waals surface area (Å²) in [6.45, 7) is 7.27. The van der Waals surface area contributed by atoms with Gasteiger partial charge in [0.15, 0.2) is 0 Å². The van der Waals surface area contributed by atoms with E-state index >= 15 is 0 Å². The Morgan fingerprint density at radius 1 is 0.561 bits per heavy atom. The summed E-state index contributed by atoms with van der Waals surface area (Å²) < 4.78 is 26.8. The second-order valence-electron chi connectivity index (χ2n) is 13.8. The van der Waals surface area contributed by atoms with Gasteiger partial charge < -0.3 is 59.1 Å². The zero-order valence-corrected chi connectivity index (χ0v) is 31.7. The minimum absolute atomic E-state index is 0.0498. The molecule has 0 amide bonds. The average molecular weight is 797 g/mol. The lowest BCUT2D eigenvalue weighted by Crippen LogP contribution is -2.25. The number of esters is 4. The Labute approximate surface area is 325 Å². The third kappa shape index (κ3) is 11.8. The van der Waals surface area contributed by atoms with E-state index in [4.69, 9.17) is 23.4 Å². The first kappa shape index (κ1) is 43.2. The number of rotatable bonds is 16. The van der Waals surface area contributed by atoms with Crippen LogP contribution < -0.4 is 5.63 Å². The van der Waals surface area contributed by atoms with E-state index in [0.29, 0.717) is 0 Å². The lowest BCUT2D eigenvalue weighted by molar-refractivity contribution is -0.151. The van der Waals surface area contributed by atoms with E-state index in [1.807, 2.05) is 0 Å².